The molecule has 3 aliphatic rings. The van der Waals surface area contributed by atoms with Crippen molar-refractivity contribution < 1.29 is 22.8 Å². The molecule has 3 aromatic rings. The Kier molecular flexibility index (Phi) is 4.92. The van der Waals surface area contributed by atoms with Crippen LogP contribution >= 0.6 is 0 Å². The SMILES string of the molecule is N#CC1=C(n2cccc2)N(c2cccc(C(F)(F)F)c2)C2=C(C(=O)CCC2)C12C(=O)Nc1ccccc12. The van der Waals surface area contributed by atoms with E-state index in [1.54, 1.807) is 58.3 Å². The molecule has 1 aliphatic carbocycles. The molecule has 1 aromatic heterocycles. The lowest BCUT2D eigenvalue weighted by Crippen LogP contribution is -2.49. The molecule has 9 heteroatoms. The van der Waals surface area contributed by atoms with Crippen LogP contribution in [0.4, 0.5) is 24.5 Å². The van der Waals surface area contributed by atoms with E-state index in [0.29, 0.717) is 29.8 Å². The van der Waals surface area contributed by atoms with Crippen molar-refractivity contribution in [1.82, 2.24) is 4.57 Å². The van der Waals surface area contributed by atoms with E-state index in [-0.39, 0.29) is 34.9 Å². The third kappa shape index (κ3) is 3.12. The smallest absolute Gasteiger partial charge is 0.324 e. The fourth-order valence-electron chi connectivity index (χ4n) is 5.72. The molecule has 1 amide bonds. The number of Topliss-reactive ketones (excluding diaryl/α,β-unsaturated/α-hetero) is 1. The zero-order chi connectivity index (χ0) is 25.9. The summed E-state index contributed by atoms with van der Waals surface area (Å²) in [4.78, 5) is 29.0. The molecule has 6 nitrogen and oxygen atoms in total. The average molecular weight is 500 g/mol. The van der Waals surface area contributed by atoms with Gasteiger partial charge in [-0.25, -0.2) is 0 Å². The standard InChI is InChI=1S/C28H19F3N4O2/c29-28(30,31)17-7-5-8-18(15-17)35-22-11-6-12-23(36)24(22)27(19-9-1-2-10-21(19)33-26(27)37)20(16-32)25(35)34-13-3-4-14-34/h1-5,7-10,13-15H,6,11-12H2,(H,33,37). The molecule has 0 saturated heterocycles. The number of alkyl halides is 3. The Bertz CT molecular complexity index is 1580. The number of hydrogen-bond acceptors (Lipinski definition) is 4. The summed E-state index contributed by atoms with van der Waals surface area (Å²) in [5, 5.41) is 13.5. The number of carbonyl (C=O) groups excluding carboxylic acids is 2. The van der Waals surface area contributed by atoms with Crippen LogP contribution in [0.15, 0.2) is 89.9 Å². The second kappa shape index (κ2) is 7.96. The highest BCUT2D eigenvalue weighted by atomic mass is 19.4. The van der Waals surface area contributed by atoms with Crippen LogP contribution in [0.5, 0.6) is 0 Å². The summed E-state index contributed by atoms with van der Waals surface area (Å²) in [6.07, 6.45) is -0.284. The highest BCUT2D eigenvalue weighted by molar-refractivity contribution is 6.21. The van der Waals surface area contributed by atoms with Crippen LogP contribution in [-0.2, 0) is 21.2 Å². The summed E-state index contributed by atoms with van der Waals surface area (Å²) in [5.74, 6) is -0.613. The predicted molar refractivity (Wildman–Crippen MR) is 130 cm³/mol. The lowest BCUT2D eigenvalue weighted by Gasteiger charge is -2.44. The van der Waals surface area contributed by atoms with Crippen molar-refractivity contribution in [3.8, 4) is 6.07 Å². The molecule has 184 valence electrons. The number of halogens is 3. The van der Waals surface area contributed by atoms with Gasteiger partial charge >= 0.3 is 6.18 Å². The van der Waals surface area contributed by atoms with Crippen molar-refractivity contribution in [1.29, 1.82) is 5.26 Å². The first-order valence-electron chi connectivity index (χ1n) is 11.7. The molecule has 2 aliphatic heterocycles. The molecule has 1 unspecified atom stereocenters. The minimum absolute atomic E-state index is 0.0300. The van der Waals surface area contributed by atoms with Crippen LogP contribution in [0.3, 0.4) is 0 Å². The highest BCUT2D eigenvalue weighted by Crippen LogP contribution is 2.56. The van der Waals surface area contributed by atoms with Gasteiger partial charge in [0.15, 0.2) is 5.78 Å². The normalized spacial score (nSPS) is 21.2. The van der Waals surface area contributed by atoms with Gasteiger partial charge in [0, 0.05) is 47.0 Å². The summed E-state index contributed by atoms with van der Waals surface area (Å²) in [6.45, 7) is 0. The van der Waals surface area contributed by atoms with Crippen LogP contribution < -0.4 is 10.2 Å². The van der Waals surface area contributed by atoms with Gasteiger partial charge in [-0.05, 0) is 49.2 Å². The number of rotatable bonds is 2. The number of hydrogen-bond donors (Lipinski definition) is 1. The van der Waals surface area contributed by atoms with Gasteiger partial charge in [-0.3, -0.25) is 14.5 Å². The number of anilines is 2. The number of nitrogens with zero attached hydrogens (tertiary/aromatic N) is 3. The third-order valence-electron chi connectivity index (χ3n) is 7.15. The van der Waals surface area contributed by atoms with Crippen molar-refractivity contribution in [3.05, 3.63) is 101 Å². The minimum atomic E-state index is -4.59. The van der Waals surface area contributed by atoms with Crippen molar-refractivity contribution in [2.75, 3.05) is 10.2 Å². The number of benzene rings is 2. The van der Waals surface area contributed by atoms with Gasteiger partial charge in [0.2, 0.25) is 5.91 Å². The number of aromatic nitrogens is 1. The van der Waals surface area contributed by atoms with Crippen molar-refractivity contribution in [2.24, 2.45) is 0 Å². The second-order valence-corrected chi connectivity index (χ2v) is 9.13. The quantitative estimate of drug-likeness (QED) is 0.496. The molecule has 1 spiro atoms. The lowest BCUT2D eigenvalue weighted by atomic mass is 9.63. The molecule has 1 atom stereocenters. The highest BCUT2D eigenvalue weighted by Gasteiger charge is 2.60. The summed E-state index contributed by atoms with van der Waals surface area (Å²) >= 11 is 0. The monoisotopic (exact) mass is 500 g/mol. The molecular weight excluding hydrogens is 481 g/mol. The number of nitriles is 1. The zero-order valence-electron chi connectivity index (χ0n) is 19.3. The number of amides is 1. The fraction of sp³-hybridized carbons (Fsp3) is 0.179. The number of allylic oxidation sites excluding steroid dienone is 1. The maximum absolute atomic E-state index is 13.9. The molecular formula is C28H19F3N4O2. The first kappa shape index (κ1) is 22.9. The Labute approximate surface area is 209 Å². The van der Waals surface area contributed by atoms with E-state index in [0.717, 1.165) is 12.1 Å². The van der Waals surface area contributed by atoms with Crippen molar-refractivity contribution in [3.63, 3.8) is 0 Å². The Morgan fingerprint density at radius 2 is 1.73 bits per heavy atom. The lowest BCUT2D eigenvalue weighted by molar-refractivity contribution is -0.137. The van der Waals surface area contributed by atoms with E-state index in [4.69, 9.17) is 0 Å². The number of ketones is 1. The minimum Gasteiger partial charge on any atom is -0.324 e. The van der Waals surface area contributed by atoms with E-state index >= 15 is 0 Å². The molecule has 0 radical (unpaired) electrons. The first-order valence-corrected chi connectivity index (χ1v) is 11.7. The van der Waals surface area contributed by atoms with Gasteiger partial charge in [0.1, 0.15) is 17.3 Å². The number of nitrogens with one attached hydrogen (secondary N) is 1. The molecule has 0 fully saturated rings. The second-order valence-electron chi connectivity index (χ2n) is 9.13. The largest absolute Gasteiger partial charge is 0.416 e. The number of fused-ring (bicyclic) bond motifs is 3. The topological polar surface area (TPSA) is 78.1 Å². The van der Waals surface area contributed by atoms with Crippen LogP contribution in [0, 0.1) is 11.3 Å². The average Bonchev–Trinajstić information content (AvgIpc) is 3.51. The zero-order valence-corrected chi connectivity index (χ0v) is 19.3. The Morgan fingerprint density at radius 1 is 0.973 bits per heavy atom. The van der Waals surface area contributed by atoms with Crippen LogP contribution in [0.2, 0.25) is 0 Å². The Morgan fingerprint density at radius 3 is 2.46 bits per heavy atom. The Hall–Kier alpha value is -4.58. The van der Waals surface area contributed by atoms with E-state index in [2.05, 4.69) is 11.4 Å². The molecule has 2 aromatic carbocycles. The Balaban J connectivity index is 1.75. The third-order valence-corrected chi connectivity index (χ3v) is 7.15. The van der Waals surface area contributed by atoms with Gasteiger partial charge in [-0.15, -0.1) is 0 Å². The molecule has 6 rings (SSSR count). The number of carbonyl (C=O) groups is 2. The van der Waals surface area contributed by atoms with Crippen LogP contribution in [-0.4, -0.2) is 16.3 Å². The fourth-order valence-corrected chi connectivity index (χ4v) is 5.72. The van der Waals surface area contributed by atoms with E-state index in [1.807, 2.05) is 0 Å². The van der Waals surface area contributed by atoms with E-state index < -0.39 is 23.1 Å². The maximum Gasteiger partial charge on any atom is 0.416 e. The molecule has 37 heavy (non-hydrogen) atoms. The number of para-hydroxylation sites is 1. The van der Waals surface area contributed by atoms with Crippen molar-refractivity contribution >= 4 is 28.9 Å². The molecule has 1 N–H and O–H groups in total. The summed E-state index contributed by atoms with van der Waals surface area (Å²) in [6, 6.07) is 17.3. The summed E-state index contributed by atoms with van der Waals surface area (Å²) < 4.78 is 42.7. The predicted octanol–water partition coefficient (Wildman–Crippen LogP) is 5.62. The van der Waals surface area contributed by atoms with Crippen LogP contribution in [0.25, 0.3) is 5.82 Å². The summed E-state index contributed by atoms with van der Waals surface area (Å²) in [5.41, 5.74) is -0.916. The van der Waals surface area contributed by atoms with Gasteiger partial charge in [0.05, 0.1) is 11.1 Å². The van der Waals surface area contributed by atoms with E-state index in [9.17, 15) is 28.0 Å². The van der Waals surface area contributed by atoms with Gasteiger partial charge in [-0.1, -0.05) is 24.3 Å². The van der Waals surface area contributed by atoms with Gasteiger partial charge in [0.25, 0.3) is 0 Å². The molecule has 0 saturated carbocycles. The molecule has 3 heterocycles. The first-order chi connectivity index (χ1) is 17.8. The van der Waals surface area contributed by atoms with Gasteiger partial charge in [-0.2, -0.15) is 18.4 Å². The summed E-state index contributed by atoms with van der Waals surface area (Å²) in [7, 11) is 0. The maximum atomic E-state index is 13.9. The van der Waals surface area contributed by atoms with E-state index in [1.165, 1.54) is 12.1 Å². The molecule has 0 bridgehead atoms. The van der Waals surface area contributed by atoms with Gasteiger partial charge < -0.3 is 9.88 Å². The van der Waals surface area contributed by atoms with Crippen molar-refractivity contribution in [2.45, 2.75) is 30.9 Å². The van der Waals surface area contributed by atoms with Crippen LogP contribution in [0.1, 0.15) is 30.4 Å².